The van der Waals surface area contributed by atoms with Crippen molar-refractivity contribution in [2.45, 2.75) is 26.4 Å². The van der Waals surface area contributed by atoms with E-state index < -0.39 is 0 Å². The fourth-order valence-electron chi connectivity index (χ4n) is 1.56. The Morgan fingerprint density at radius 2 is 1.94 bits per heavy atom. The fraction of sp³-hybridized carbons (Fsp3) is 0.286. The number of thiophene rings is 1. The molecular formula is C14H16BrNS. The van der Waals surface area contributed by atoms with Crippen molar-refractivity contribution in [3.05, 3.63) is 45.7 Å². The van der Waals surface area contributed by atoms with Gasteiger partial charge in [-0.05, 0) is 34.7 Å². The number of hydrogen-bond donors (Lipinski definition) is 1. The van der Waals surface area contributed by atoms with Gasteiger partial charge in [-0.1, -0.05) is 41.9 Å². The molecule has 2 aromatic rings. The van der Waals surface area contributed by atoms with E-state index in [-0.39, 0.29) is 0 Å². The largest absolute Gasteiger partial charge is 0.310 e. The normalized spacial score (nSPS) is 11.1. The first-order valence-electron chi connectivity index (χ1n) is 5.72. The molecule has 90 valence electrons. The first-order valence-corrected chi connectivity index (χ1v) is 7.39. The van der Waals surface area contributed by atoms with Crippen molar-refractivity contribution in [3.63, 3.8) is 0 Å². The highest BCUT2D eigenvalue weighted by Crippen LogP contribution is 2.28. The third-order valence-electron chi connectivity index (χ3n) is 2.50. The maximum Gasteiger partial charge on any atom is 0.0346 e. The van der Waals surface area contributed by atoms with Crippen LogP contribution in [-0.4, -0.2) is 6.04 Å². The number of rotatable bonds is 4. The minimum absolute atomic E-state index is 0.533. The van der Waals surface area contributed by atoms with Gasteiger partial charge in [0.25, 0.3) is 0 Å². The molecule has 0 aliphatic carbocycles. The molecule has 0 saturated heterocycles. The summed E-state index contributed by atoms with van der Waals surface area (Å²) in [6.07, 6.45) is 0. The maximum atomic E-state index is 3.46. The van der Waals surface area contributed by atoms with E-state index in [1.165, 1.54) is 16.0 Å². The van der Waals surface area contributed by atoms with Gasteiger partial charge in [-0.2, -0.15) is 0 Å². The molecule has 0 unspecified atom stereocenters. The second-order valence-corrected chi connectivity index (χ2v) is 6.19. The lowest BCUT2D eigenvalue weighted by Gasteiger charge is -2.05. The van der Waals surface area contributed by atoms with Gasteiger partial charge in [0.05, 0.1) is 0 Å². The standard InChI is InChI=1S/C14H16BrNS/c1-10(2)16-8-11-7-14(17-9-11)12-3-5-13(15)6-4-12/h3-7,9-10,16H,8H2,1-2H3. The summed E-state index contributed by atoms with van der Waals surface area (Å²) in [5, 5.41) is 5.66. The summed E-state index contributed by atoms with van der Waals surface area (Å²) in [7, 11) is 0. The summed E-state index contributed by atoms with van der Waals surface area (Å²) >= 11 is 5.26. The first-order chi connectivity index (χ1) is 8.15. The number of nitrogens with one attached hydrogen (secondary N) is 1. The van der Waals surface area contributed by atoms with Crippen LogP contribution in [0.5, 0.6) is 0 Å². The molecule has 1 aromatic carbocycles. The molecule has 0 aliphatic rings. The fourth-order valence-corrected chi connectivity index (χ4v) is 2.74. The Labute approximate surface area is 115 Å². The minimum Gasteiger partial charge on any atom is -0.310 e. The van der Waals surface area contributed by atoms with E-state index in [9.17, 15) is 0 Å². The van der Waals surface area contributed by atoms with Crippen molar-refractivity contribution in [1.82, 2.24) is 5.32 Å². The quantitative estimate of drug-likeness (QED) is 0.865. The molecule has 0 fully saturated rings. The van der Waals surface area contributed by atoms with Crippen LogP contribution in [0.25, 0.3) is 10.4 Å². The van der Waals surface area contributed by atoms with Gasteiger partial charge in [0, 0.05) is 21.9 Å². The Hall–Kier alpha value is -0.640. The number of hydrogen-bond acceptors (Lipinski definition) is 2. The number of benzene rings is 1. The number of halogens is 1. The van der Waals surface area contributed by atoms with Crippen LogP contribution in [-0.2, 0) is 6.54 Å². The molecule has 17 heavy (non-hydrogen) atoms. The van der Waals surface area contributed by atoms with Crippen molar-refractivity contribution in [3.8, 4) is 10.4 Å². The van der Waals surface area contributed by atoms with E-state index in [0.717, 1.165) is 11.0 Å². The molecule has 0 radical (unpaired) electrons. The molecule has 1 heterocycles. The predicted molar refractivity (Wildman–Crippen MR) is 79.4 cm³/mol. The molecule has 0 amide bonds. The van der Waals surface area contributed by atoms with Gasteiger partial charge < -0.3 is 5.32 Å². The van der Waals surface area contributed by atoms with Crippen molar-refractivity contribution in [2.75, 3.05) is 0 Å². The smallest absolute Gasteiger partial charge is 0.0346 e. The lowest BCUT2D eigenvalue weighted by atomic mass is 10.1. The molecule has 3 heteroatoms. The Bertz CT molecular complexity index is 473. The lowest BCUT2D eigenvalue weighted by Crippen LogP contribution is -2.21. The van der Waals surface area contributed by atoms with Crippen LogP contribution in [0, 0.1) is 0 Å². The molecule has 1 N–H and O–H groups in total. The first kappa shape index (κ1) is 12.8. The van der Waals surface area contributed by atoms with Crippen LogP contribution in [0.3, 0.4) is 0 Å². The van der Waals surface area contributed by atoms with Crippen LogP contribution in [0.2, 0.25) is 0 Å². The van der Waals surface area contributed by atoms with Crippen molar-refractivity contribution in [1.29, 1.82) is 0 Å². The van der Waals surface area contributed by atoms with Crippen LogP contribution < -0.4 is 5.32 Å². The van der Waals surface area contributed by atoms with E-state index in [0.29, 0.717) is 6.04 Å². The highest BCUT2D eigenvalue weighted by molar-refractivity contribution is 9.10. The molecule has 0 aliphatic heterocycles. The maximum absolute atomic E-state index is 3.46. The van der Waals surface area contributed by atoms with E-state index in [4.69, 9.17) is 0 Å². The van der Waals surface area contributed by atoms with E-state index in [1.54, 1.807) is 11.3 Å². The zero-order valence-electron chi connectivity index (χ0n) is 10.0. The SMILES string of the molecule is CC(C)NCc1csc(-c2ccc(Br)cc2)c1. The second kappa shape index (κ2) is 5.80. The molecule has 0 saturated carbocycles. The van der Waals surface area contributed by atoms with Gasteiger partial charge >= 0.3 is 0 Å². The third kappa shape index (κ3) is 3.66. The zero-order valence-corrected chi connectivity index (χ0v) is 12.4. The molecule has 1 nitrogen and oxygen atoms in total. The van der Waals surface area contributed by atoms with Crippen LogP contribution in [0.4, 0.5) is 0 Å². The molecule has 1 aromatic heterocycles. The highest BCUT2D eigenvalue weighted by Gasteiger charge is 2.03. The van der Waals surface area contributed by atoms with Gasteiger partial charge in [-0.3, -0.25) is 0 Å². The Balaban J connectivity index is 2.10. The van der Waals surface area contributed by atoms with Gasteiger partial charge in [0.15, 0.2) is 0 Å². The summed E-state index contributed by atoms with van der Waals surface area (Å²) in [5.41, 5.74) is 2.65. The van der Waals surface area contributed by atoms with E-state index >= 15 is 0 Å². The summed E-state index contributed by atoms with van der Waals surface area (Å²) < 4.78 is 1.12. The molecular weight excluding hydrogens is 294 g/mol. The monoisotopic (exact) mass is 309 g/mol. The lowest BCUT2D eigenvalue weighted by molar-refractivity contribution is 0.590. The average molecular weight is 310 g/mol. The summed E-state index contributed by atoms with van der Waals surface area (Å²) in [6.45, 7) is 5.29. The second-order valence-electron chi connectivity index (χ2n) is 4.36. The molecule has 0 bridgehead atoms. The molecule has 2 rings (SSSR count). The predicted octanol–water partition coefficient (Wildman–Crippen LogP) is 4.68. The van der Waals surface area contributed by atoms with Crippen molar-refractivity contribution >= 4 is 27.3 Å². The van der Waals surface area contributed by atoms with Crippen LogP contribution in [0.15, 0.2) is 40.2 Å². The van der Waals surface area contributed by atoms with E-state index in [2.05, 4.69) is 70.8 Å². The topological polar surface area (TPSA) is 12.0 Å². The van der Waals surface area contributed by atoms with E-state index in [1.807, 2.05) is 0 Å². The van der Waals surface area contributed by atoms with Crippen LogP contribution >= 0.6 is 27.3 Å². The van der Waals surface area contributed by atoms with Gasteiger partial charge in [0.1, 0.15) is 0 Å². The van der Waals surface area contributed by atoms with Crippen LogP contribution in [0.1, 0.15) is 19.4 Å². The molecule has 0 atom stereocenters. The zero-order chi connectivity index (χ0) is 12.3. The Kier molecular flexibility index (Phi) is 4.37. The Morgan fingerprint density at radius 3 is 2.59 bits per heavy atom. The van der Waals surface area contributed by atoms with Gasteiger partial charge in [-0.25, -0.2) is 0 Å². The Morgan fingerprint density at radius 1 is 1.24 bits per heavy atom. The minimum atomic E-state index is 0.533. The summed E-state index contributed by atoms with van der Waals surface area (Å²) in [6, 6.07) is 11.3. The summed E-state index contributed by atoms with van der Waals surface area (Å²) in [5.74, 6) is 0. The van der Waals surface area contributed by atoms with Gasteiger partial charge in [-0.15, -0.1) is 11.3 Å². The summed E-state index contributed by atoms with van der Waals surface area (Å²) in [4.78, 5) is 1.33. The van der Waals surface area contributed by atoms with Gasteiger partial charge in [0.2, 0.25) is 0 Å². The molecule has 0 spiro atoms. The average Bonchev–Trinajstić information content (AvgIpc) is 2.76. The van der Waals surface area contributed by atoms with Crippen molar-refractivity contribution in [2.24, 2.45) is 0 Å². The van der Waals surface area contributed by atoms with Crippen molar-refractivity contribution < 1.29 is 0 Å². The highest BCUT2D eigenvalue weighted by atomic mass is 79.9. The third-order valence-corrected chi connectivity index (χ3v) is 4.05.